The molecule has 0 bridgehead atoms. The minimum Gasteiger partial charge on any atom is -0.166 e. The molecule has 0 nitrogen and oxygen atoms in total. The Morgan fingerprint density at radius 2 is 1.32 bits per heavy atom. The van der Waals surface area contributed by atoms with Crippen LogP contribution >= 0.6 is 0 Å². The summed E-state index contributed by atoms with van der Waals surface area (Å²) >= 11 is 0. The fourth-order valence-corrected chi connectivity index (χ4v) is 3.86. The molecule has 6 heteroatoms. The van der Waals surface area contributed by atoms with Gasteiger partial charge in [-0.25, -0.2) is 0 Å². The standard InChI is InChI=1S/C25H17F6/c1-2-15-8-9-17-10-18(16-6-4-3-5-7-16)13-22(17)23(15)19-11-20(24(26,27)28)14-21(12-19)25(29,30)31/h3-14H,2H2,1H3. The molecule has 159 valence electrons. The molecule has 0 aromatic heterocycles. The SMILES string of the molecule is CCc1ccc2c(c1-c1cc(C(F)(F)F)cc(C(F)(F)F)c1)C=C(c1ccccc1)[CH]2. The quantitative estimate of drug-likeness (QED) is 0.368. The van der Waals surface area contributed by atoms with E-state index in [-0.39, 0.29) is 11.6 Å². The molecule has 0 aliphatic heterocycles. The molecule has 0 saturated carbocycles. The summed E-state index contributed by atoms with van der Waals surface area (Å²) in [7, 11) is 0. The van der Waals surface area contributed by atoms with Gasteiger partial charge in [-0.3, -0.25) is 0 Å². The molecular formula is C25H17F6. The summed E-state index contributed by atoms with van der Waals surface area (Å²) in [6.07, 6.45) is -5.59. The van der Waals surface area contributed by atoms with Crippen LogP contribution in [0.5, 0.6) is 0 Å². The number of fused-ring (bicyclic) bond motifs is 1. The van der Waals surface area contributed by atoms with Crippen LogP contribution in [0.2, 0.25) is 0 Å². The summed E-state index contributed by atoms with van der Waals surface area (Å²) < 4.78 is 80.4. The molecule has 1 aliphatic rings. The largest absolute Gasteiger partial charge is 0.416 e. The van der Waals surface area contributed by atoms with E-state index in [1.54, 1.807) is 6.07 Å². The van der Waals surface area contributed by atoms with E-state index in [4.69, 9.17) is 0 Å². The number of halogens is 6. The Hall–Kier alpha value is -3.02. The van der Waals surface area contributed by atoms with E-state index in [2.05, 4.69) is 0 Å². The zero-order valence-electron chi connectivity index (χ0n) is 16.4. The van der Waals surface area contributed by atoms with Gasteiger partial charge in [0.25, 0.3) is 0 Å². The number of hydrogen-bond acceptors (Lipinski definition) is 0. The highest BCUT2D eigenvalue weighted by Crippen LogP contribution is 2.44. The topological polar surface area (TPSA) is 0 Å². The lowest BCUT2D eigenvalue weighted by Gasteiger charge is -2.18. The highest BCUT2D eigenvalue weighted by Gasteiger charge is 2.37. The van der Waals surface area contributed by atoms with E-state index in [9.17, 15) is 26.3 Å². The minimum absolute atomic E-state index is 0.0881. The van der Waals surface area contributed by atoms with E-state index >= 15 is 0 Å². The Labute approximate surface area is 175 Å². The summed E-state index contributed by atoms with van der Waals surface area (Å²) in [5.74, 6) is 0. The monoisotopic (exact) mass is 431 g/mol. The normalized spacial score (nSPS) is 13.8. The van der Waals surface area contributed by atoms with Crippen LogP contribution in [0.3, 0.4) is 0 Å². The van der Waals surface area contributed by atoms with Gasteiger partial charge in [0, 0.05) is 6.42 Å². The van der Waals surface area contributed by atoms with Crippen LogP contribution in [0.15, 0.2) is 60.7 Å². The first-order valence-electron chi connectivity index (χ1n) is 9.65. The van der Waals surface area contributed by atoms with Crippen molar-refractivity contribution < 1.29 is 26.3 Å². The van der Waals surface area contributed by atoms with Gasteiger partial charge in [-0.2, -0.15) is 26.3 Å². The molecule has 0 saturated heterocycles. The second-order valence-electron chi connectivity index (χ2n) is 7.36. The highest BCUT2D eigenvalue weighted by molar-refractivity contribution is 5.99. The maximum atomic E-state index is 13.4. The van der Waals surface area contributed by atoms with Gasteiger partial charge in [0.05, 0.1) is 11.1 Å². The molecular weight excluding hydrogens is 414 g/mol. The number of aryl methyl sites for hydroxylation is 1. The Balaban J connectivity index is 1.96. The summed E-state index contributed by atoms with van der Waals surface area (Å²) in [6, 6.07) is 14.8. The summed E-state index contributed by atoms with van der Waals surface area (Å²) in [6.45, 7) is 1.82. The van der Waals surface area contributed by atoms with Crippen molar-refractivity contribution in [1.82, 2.24) is 0 Å². The molecule has 0 unspecified atom stereocenters. The Morgan fingerprint density at radius 1 is 0.710 bits per heavy atom. The molecule has 1 aliphatic carbocycles. The van der Waals surface area contributed by atoms with Crippen molar-refractivity contribution >= 4 is 11.6 Å². The molecule has 0 N–H and O–H groups in total. The lowest BCUT2D eigenvalue weighted by atomic mass is 9.89. The van der Waals surface area contributed by atoms with E-state index in [1.807, 2.05) is 55.8 Å². The second-order valence-corrected chi connectivity index (χ2v) is 7.36. The van der Waals surface area contributed by atoms with Crippen LogP contribution in [0.4, 0.5) is 26.3 Å². The van der Waals surface area contributed by atoms with E-state index in [0.29, 0.717) is 23.1 Å². The lowest BCUT2D eigenvalue weighted by Crippen LogP contribution is -2.11. The maximum absolute atomic E-state index is 13.4. The highest BCUT2D eigenvalue weighted by atomic mass is 19.4. The Bertz CT molecular complexity index is 1120. The molecule has 0 spiro atoms. The van der Waals surface area contributed by atoms with Gasteiger partial charge in [0.15, 0.2) is 0 Å². The number of hydrogen-bond donors (Lipinski definition) is 0. The van der Waals surface area contributed by atoms with Gasteiger partial charge in [-0.05, 0) is 69.6 Å². The van der Waals surface area contributed by atoms with Crippen LogP contribution in [0, 0.1) is 6.42 Å². The molecule has 0 amide bonds. The zero-order valence-corrected chi connectivity index (χ0v) is 16.4. The van der Waals surface area contributed by atoms with Crippen molar-refractivity contribution in [3.05, 3.63) is 100 Å². The smallest absolute Gasteiger partial charge is 0.166 e. The summed E-state index contributed by atoms with van der Waals surface area (Å²) in [5.41, 5.74) is 1.54. The number of allylic oxidation sites excluding steroid dienone is 1. The predicted octanol–water partition coefficient (Wildman–Crippen LogP) is 8.06. The number of benzene rings is 3. The van der Waals surface area contributed by atoms with Crippen molar-refractivity contribution in [3.8, 4) is 11.1 Å². The van der Waals surface area contributed by atoms with Crippen molar-refractivity contribution in [2.45, 2.75) is 25.7 Å². The van der Waals surface area contributed by atoms with Crippen molar-refractivity contribution in [1.29, 1.82) is 0 Å². The summed E-state index contributed by atoms with van der Waals surface area (Å²) in [5, 5.41) is 0. The third-order valence-corrected chi connectivity index (χ3v) is 5.34. The van der Waals surface area contributed by atoms with E-state index < -0.39 is 23.5 Å². The minimum atomic E-state index is -4.89. The molecule has 3 aromatic rings. The fraction of sp³-hybridized carbons (Fsp3) is 0.160. The first-order valence-corrected chi connectivity index (χ1v) is 9.65. The first-order chi connectivity index (χ1) is 14.6. The van der Waals surface area contributed by atoms with Crippen LogP contribution in [-0.2, 0) is 18.8 Å². The third-order valence-electron chi connectivity index (χ3n) is 5.34. The third kappa shape index (κ3) is 4.11. The summed E-state index contributed by atoms with van der Waals surface area (Å²) in [4.78, 5) is 0. The predicted molar refractivity (Wildman–Crippen MR) is 109 cm³/mol. The Morgan fingerprint density at radius 3 is 1.87 bits per heavy atom. The van der Waals surface area contributed by atoms with Crippen LogP contribution in [0.1, 0.15) is 40.3 Å². The molecule has 31 heavy (non-hydrogen) atoms. The number of rotatable bonds is 3. The van der Waals surface area contributed by atoms with Gasteiger partial charge in [0.1, 0.15) is 0 Å². The molecule has 0 heterocycles. The van der Waals surface area contributed by atoms with Gasteiger partial charge in [-0.1, -0.05) is 49.4 Å². The van der Waals surface area contributed by atoms with Crippen molar-refractivity contribution in [2.75, 3.05) is 0 Å². The van der Waals surface area contributed by atoms with Crippen LogP contribution in [-0.4, -0.2) is 0 Å². The van der Waals surface area contributed by atoms with Crippen LogP contribution < -0.4 is 0 Å². The average molecular weight is 431 g/mol. The van der Waals surface area contributed by atoms with E-state index in [1.165, 1.54) is 0 Å². The zero-order chi connectivity index (χ0) is 22.4. The van der Waals surface area contributed by atoms with Crippen molar-refractivity contribution in [3.63, 3.8) is 0 Å². The Kier molecular flexibility index (Phi) is 5.20. The molecule has 0 fully saturated rings. The average Bonchev–Trinajstić information content (AvgIpc) is 3.16. The van der Waals surface area contributed by atoms with Crippen molar-refractivity contribution in [2.24, 2.45) is 0 Å². The second kappa shape index (κ2) is 7.59. The molecule has 4 rings (SSSR count). The lowest BCUT2D eigenvalue weighted by molar-refractivity contribution is -0.143. The first kappa shape index (κ1) is 21.2. The van der Waals surface area contributed by atoms with E-state index in [0.717, 1.165) is 28.8 Å². The van der Waals surface area contributed by atoms with Gasteiger partial charge in [0.2, 0.25) is 0 Å². The fourth-order valence-electron chi connectivity index (χ4n) is 3.86. The maximum Gasteiger partial charge on any atom is 0.416 e. The van der Waals surface area contributed by atoms with Crippen LogP contribution in [0.25, 0.3) is 22.8 Å². The van der Waals surface area contributed by atoms with Gasteiger partial charge >= 0.3 is 12.4 Å². The molecule has 1 radical (unpaired) electrons. The van der Waals surface area contributed by atoms with Gasteiger partial charge < -0.3 is 0 Å². The van der Waals surface area contributed by atoms with Gasteiger partial charge in [-0.15, -0.1) is 0 Å². The molecule has 3 aromatic carbocycles. The molecule has 0 atom stereocenters. The number of alkyl halides is 6.